The molecule has 0 heterocycles. The molecule has 0 saturated carbocycles. The summed E-state index contributed by atoms with van der Waals surface area (Å²) in [5.74, 6) is 0.0628. The maximum Gasteiger partial charge on any atom is 0.197 e. The highest BCUT2D eigenvalue weighted by atomic mass is 16.7. The van der Waals surface area contributed by atoms with Crippen molar-refractivity contribution in [3.05, 3.63) is 59.7 Å². The van der Waals surface area contributed by atoms with Crippen molar-refractivity contribution in [1.82, 2.24) is 0 Å². The van der Waals surface area contributed by atoms with Gasteiger partial charge < -0.3 is 14.6 Å². The van der Waals surface area contributed by atoms with Crippen LogP contribution in [0.1, 0.15) is 22.8 Å². The van der Waals surface area contributed by atoms with Crippen molar-refractivity contribution < 1.29 is 19.4 Å². The van der Waals surface area contributed by atoms with Crippen molar-refractivity contribution in [2.45, 2.75) is 19.8 Å². The fourth-order valence-electron chi connectivity index (χ4n) is 1.73. The molecule has 0 radical (unpaired) electrons. The summed E-state index contributed by atoms with van der Waals surface area (Å²) in [5.41, 5.74) is 1.23. The summed E-state index contributed by atoms with van der Waals surface area (Å²) in [6.45, 7) is 2.14. The lowest BCUT2D eigenvalue weighted by atomic mass is 10.2. The van der Waals surface area contributed by atoms with E-state index in [2.05, 4.69) is 0 Å². The van der Waals surface area contributed by atoms with Crippen molar-refractivity contribution in [2.24, 2.45) is 0 Å². The fraction of sp³-hybridized carbons (Fsp3) is 0.188. The average molecular weight is 272 g/mol. The monoisotopic (exact) mass is 272 g/mol. The van der Waals surface area contributed by atoms with E-state index in [9.17, 15) is 9.90 Å². The number of hydrogen-bond donors (Lipinski definition) is 1. The number of phenolic OH excluding ortho intramolecular Hbond substituents is 1. The molecule has 0 aliphatic heterocycles. The van der Waals surface area contributed by atoms with Crippen LogP contribution < -0.4 is 4.74 Å². The van der Waals surface area contributed by atoms with Gasteiger partial charge in [0.1, 0.15) is 0 Å². The SMILES string of the molecule is CC(OCc1ccccc1)Oc1cccc(C=O)c1O. The van der Waals surface area contributed by atoms with E-state index >= 15 is 0 Å². The third kappa shape index (κ3) is 3.59. The first-order chi connectivity index (χ1) is 9.70. The fourth-order valence-corrected chi connectivity index (χ4v) is 1.73. The summed E-state index contributed by atoms with van der Waals surface area (Å²) in [6.07, 6.45) is 0.0422. The first-order valence-electron chi connectivity index (χ1n) is 6.30. The van der Waals surface area contributed by atoms with Crippen LogP contribution in [0.4, 0.5) is 0 Å². The van der Waals surface area contributed by atoms with Gasteiger partial charge >= 0.3 is 0 Å². The molecule has 0 aliphatic rings. The van der Waals surface area contributed by atoms with Gasteiger partial charge in [-0.2, -0.15) is 0 Å². The van der Waals surface area contributed by atoms with E-state index in [0.29, 0.717) is 12.9 Å². The summed E-state index contributed by atoms with van der Waals surface area (Å²) in [4.78, 5) is 10.7. The van der Waals surface area contributed by atoms with Gasteiger partial charge in [-0.15, -0.1) is 0 Å². The molecule has 104 valence electrons. The molecular formula is C16H16O4. The molecule has 0 amide bonds. The standard InChI is InChI=1S/C16H16O4/c1-12(19-11-13-6-3-2-4-7-13)20-15-9-5-8-14(10-17)16(15)18/h2-10,12,18H,11H2,1H3. The normalized spacial score (nSPS) is 11.8. The second kappa shape index (κ2) is 6.73. The first-order valence-corrected chi connectivity index (χ1v) is 6.30. The van der Waals surface area contributed by atoms with Crippen LogP contribution in [0.5, 0.6) is 11.5 Å². The van der Waals surface area contributed by atoms with Gasteiger partial charge in [-0.3, -0.25) is 4.79 Å². The third-order valence-electron chi connectivity index (χ3n) is 2.78. The number of benzene rings is 2. The number of aromatic hydroxyl groups is 1. The minimum atomic E-state index is -0.539. The van der Waals surface area contributed by atoms with Crippen LogP contribution in [0.3, 0.4) is 0 Å². The van der Waals surface area contributed by atoms with E-state index < -0.39 is 6.29 Å². The molecule has 2 aromatic rings. The Morgan fingerprint density at radius 2 is 1.90 bits per heavy atom. The largest absolute Gasteiger partial charge is 0.504 e. The molecule has 2 rings (SSSR count). The van der Waals surface area contributed by atoms with E-state index in [1.165, 1.54) is 6.07 Å². The molecule has 1 N–H and O–H groups in total. The molecule has 0 bridgehead atoms. The van der Waals surface area contributed by atoms with E-state index in [1.807, 2.05) is 30.3 Å². The van der Waals surface area contributed by atoms with Crippen LogP contribution in [0.15, 0.2) is 48.5 Å². The number of para-hydroxylation sites is 1. The Morgan fingerprint density at radius 3 is 2.60 bits per heavy atom. The van der Waals surface area contributed by atoms with Crippen LogP contribution in [0.2, 0.25) is 0 Å². The van der Waals surface area contributed by atoms with Crippen molar-refractivity contribution in [1.29, 1.82) is 0 Å². The van der Waals surface area contributed by atoms with E-state index in [1.54, 1.807) is 19.1 Å². The molecule has 0 saturated heterocycles. The molecule has 4 heteroatoms. The lowest BCUT2D eigenvalue weighted by Crippen LogP contribution is -2.16. The van der Waals surface area contributed by atoms with Crippen LogP contribution in [0, 0.1) is 0 Å². The number of carbonyl (C=O) groups is 1. The summed E-state index contributed by atoms with van der Waals surface area (Å²) in [7, 11) is 0. The molecule has 2 aromatic carbocycles. The molecule has 1 unspecified atom stereocenters. The van der Waals surface area contributed by atoms with Gasteiger partial charge in [0.25, 0.3) is 0 Å². The predicted octanol–water partition coefficient (Wildman–Crippen LogP) is 3.15. The molecule has 20 heavy (non-hydrogen) atoms. The lowest BCUT2D eigenvalue weighted by molar-refractivity contribution is -0.0768. The summed E-state index contributed by atoms with van der Waals surface area (Å²) in [6, 6.07) is 14.5. The summed E-state index contributed by atoms with van der Waals surface area (Å²) >= 11 is 0. The number of carbonyl (C=O) groups excluding carboxylic acids is 1. The van der Waals surface area contributed by atoms with Crippen molar-refractivity contribution >= 4 is 6.29 Å². The van der Waals surface area contributed by atoms with Gasteiger partial charge in [-0.25, -0.2) is 0 Å². The summed E-state index contributed by atoms with van der Waals surface area (Å²) in [5, 5.41) is 9.81. The van der Waals surface area contributed by atoms with Gasteiger partial charge in [0.15, 0.2) is 24.1 Å². The number of hydrogen-bond acceptors (Lipinski definition) is 4. The Bertz CT molecular complexity index is 566. The lowest BCUT2D eigenvalue weighted by Gasteiger charge is -2.16. The highest BCUT2D eigenvalue weighted by Gasteiger charge is 2.11. The van der Waals surface area contributed by atoms with Crippen LogP contribution in [-0.2, 0) is 11.3 Å². The molecular weight excluding hydrogens is 256 g/mol. The zero-order valence-electron chi connectivity index (χ0n) is 11.2. The highest BCUT2D eigenvalue weighted by molar-refractivity contribution is 5.80. The smallest absolute Gasteiger partial charge is 0.197 e. The van der Waals surface area contributed by atoms with Gasteiger partial charge in [0, 0.05) is 0 Å². The molecule has 0 aliphatic carbocycles. The second-order valence-electron chi connectivity index (χ2n) is 4.29. The zero-order chi connectivity index (χ0) is 14.4. The molecule has 0 fully saturated rings. The number of aldehydes is 1. The van der Waals surface area contributed by atoms with Crippen molar-refractivity contribution in [3.63, 3.8) is 0 Å². The van der Waals surface area contributed by atoms with Gasteiger partial charge in [-0.05, 0) is 24.6 Å². The van der Waals surface area contributed by atoms with Crippen LogP contribution in [-0.4, -0.2) is 17.7 Å². The molecule has 0 spiro atoms. The quantitative estimate of drug-likeness (QED) is 0.648. The topological polar surface area (TPSA) is 55.8 Å². The molecule has 1 atom stereocenters. The van der Waals surface area contributed by atoms with Crippen molar-refractivity contribution in [3.8, 4) is 11.5 Å². The number of ether oxygens (including phenoxy) is 2. The van der Waals surface area contributed by atoms with Gasteiger partial charge in [-0.1, -0.05) is 36.4 Å². The highest BCUT2D eigenvalue weighted by Crippen LogP contribution is 2.29. The number of rotatable bonds is 6. The van der Waals surface area contributed by atoms with E-state index in [0.717, 1.165) is 5.56 Å². The Labute approximate surface area is 117 Å². The first kappa shape index (κ1) is 14.1. The second-order valence-corrected chi connectivity index (χ2v) is 4.29. The minimum absolute atomic E-state index is 0.169. The number of phenols is 1. The maximum absolute atomic E-state index is 10.7. The predicted molar refractivity (Wildman–Crippen MR) is 74.8 cm³/mol. The molecule has 0 aromatic heterocycles. The van der Waals surface area contributed by atoms with E-state index in [-0.39, 0.29) is 17.1 Å². The van der Waals surface area contributed by atoms with E-state index in [4.69, 9.17) is 9.47 Å². The van der Waals surface area contributed by atoms with Gasteiger partial charge in [0.05, 0.1) is 12.2 Å². The third-order valence-corrected chi connectivity index (χ3v) is 2.78. The minimum Gasteiger partial charge on any atom is -0.504 e. The maximum atomic E-state index is 10.7. The summed E-state index contributed by atoms with van der Waals surface area (Å²) < 4.78 is 11.0. The Morgan fingerprint density at radius 1 is 1.15 bits per heavy atom. The Balaban J connectivity index is 1.95. The van der Waals surface area contributed by atoms with Crippen LogP contribution >= 0.6 is 0 Å². The van der Waals surface area contributed by atoms with Crippen molar-refractivity contribution in [2.75, 3.05) is 0 Å². The Hall–Kier alpha value is -2.33. The Kier molecular flexibility index (Phi) is 4.74. The van der Waals surface area contributed by atoms with Gasteiger partial charge in [0.2, 0.25) is 0 Å². The van der Waals surface area contributed by atoms with Crippen LogP contribution in [0.25, 0.3) is 0 Å². The zero-order valence-corrected chi connectivity index (χ0v) is 11.2. The molecule has 4 nitrogen and oxygen atoms in total. The average Bonchev–Trinajstić information content (AvgIpc) is 2.48.